The molecule has 0 aromatic rings. The lowest BCUT2D eigenvalue weighted by molar-refractivity contribution is -0.138. The van der Waals surface area contributed by atoms with Crippen LogP contribution in [0.15, 0.2) is 0 Å². The Morgan fingerprint density at radius 2 is 1.95 bits per heavy atom. The normalized spacial score (nSPS) is 25.3. The van der Waals surface area contributed by atoms with Gasteiger partial charge in [-0.05, 0) is 25.3 Å². The van der Waals surface area contributed by atoms with Crippen molar-refractivity contribution >= 4 is 5.91 Å². The van der Waals surface area contributed by atoms with Gasteiger partial charge in [-0.1, -0.05) is 34.6 Å². The van der Waals surface area contributed by atoms with E-state index in [1.807, 2.05) is 25.7 Å². The van der Waals surface area contributed by atoms with Crippen molar-refractivity contribution in [2.75, 3.05) is 19.6 Å². The fourth-order valence-corrected chi connectivity index (χ4v) is 2.85. The van der Waals surface area contributed by atoms with Gasteiger partial charge in [-0.25, -0.2) is 0 Å². The number of aliphatic hydroxyl groups is 1. The van der Waals surface area contributed by atoms with Gasteiger partial charge in [-0.15, -0.1) is 0 Å². The first kappa shape index (κ1) is 17.4. The highest BCUT2D eigenvalue weighted by molar-refractivity contribution is 5.78. The Bertz CT molecular complexity index is 305. The van der Waals surface area contributed by atoms with E-state index in [0.29, 0.717) is 18.5 Å². The second kappa shape index (κ2) is 7.99. The molecule has 3 atom stereocenters. The summed E-state index contributed by atoms with van der Waals surface area (Å²) in [4.78, 5) is 14.2. The quantitative estimate of drug-likeness (QED) is 0.783. The number of likely N-dealkylation sites (tertiary alicyclic amines) is 1. The summed E-state index contributed by atoms with van der Waals surface area (Å²) in [6, 6.07) is 0.306. The first-order valence-electron chi connectivity index (χ1n) is 8.05. The Kier molecular flexibility index (Phi) is 6.96. The highest BCUT2D eigenvalue weighted by Crippen LogP contribution is 2.23. The SMILES string of the molecule is CCC(O)C1CC(NCC(C)C)CN(C(=O)C(C)C)C1. The van der Waals surface area contributed by atoms with E-state index in [2.05, 4.69) is 19.2 Å². The molecule has 1 aliphatic rings. The number of amides is 1. The van der Waals surface area contributed by atoms with E-state index in [9.17, 15) is 9.90 Å². The van der Waals surface area contributed by atoms with Crippen LogP contribution in [0.25, 0.3) is 0 Å². The monoisotopic (exact) mass is 284 g/mol. The number of carbonyl (C=O) groups is 1. The van der Waals surface area contributed by atoms with E-state index < -0.39 is 0 Å². The molecule has 1 aliphatic heterocycles. The van der Waals surface area contributed by atoms with Gasteiger partial charge in [0.05, 0.1) is 6.10 Å². The molecule has 0 spiro atoms. The maximum absolute atomic E-state index is 12.3. The number of carbonyl (C=O) groups excluding carboxylic acids is 1. The minimum Gasteiger partial charge on any atom is -0.393 e. The summed E-state index contributed by atoms with van der Waals surface area (Å²) in [7, 11) is 0. The zero-order valence-corrected chi connectivity index (χ0v) is 13.7. The maximum Gasteiger partial charge on any atom is 0.225 e. The first-order valence-corrected chi connectivity index (χ1v) is 8.05. The molecular weight excluding hydrogens is 252 g/mol. The average molecular weight is 284 g/mol. The molecule has 1 fully saturated rings. The standard InChI is InChI=1S/C16H32N2O2/c1-6-15(19)13-7-14(17-8-11(2)3)10-18(9-13)16(20)12(4)5/h11-15,17,19H,6-10H2,1-5H3. The lowest BCUT2D eigenvalue weighted by Crippen LogP contribution is -2.54. The van der Waals surface area contributed by atoms with Crippen molar-refractivity contribution in [1.29, 1.82) is 0 Å². The van der Waals surface area contributed by atoms with Gasteiger partial charge in [0.25, 0.3) is 0 Å². The molecule has 2 N–H and O–H groups in total. The molecule has 3 unspecified atom stereocenters. The van der Waals surface area contributed by atoms with Crippen molar-refractivity contribution in [2.45, 2.75) is 59.6 Å². The molecule has 1 rings (SSSR count). The van der Waals surface area contributed by atoms with Crippen molar-refractivity contribution in [2.24, 2.45) is 17.8 Å². The summed E-state index contributed by atoms with van der Waals surface area (Å²) < 4.78 is 0. The summed E-state index contributed by atoms with van der Waals surface area (Å²) >= 11 is 0. The van der Waals surface area contributed by atoms with Gasteiger partial charge in [-0.3, -0.25) is 4.79 Å². The summed E-state index contributed by atoms with van der Waals surface area (Å²) in [5.74, 6) is 1.02. The first-order chi connectivity index (χ1) is 9.35. The summed E-state index contributed by atoms with van der Waals surface area (Å²) in [5, 5.41) is 13.7. The molecule has 1 heterocycles. The molecule has 1 amide bonds. The number of hydrogen-bond donors (Lipinski definition) is 2. The van der Waals surface area contributed by atoms with Crippen LogP contribution in [-0.4, -0.2) is 47.7 Å². The van der Waals surface area contributed by atoms with Crippen LogP contribution in [0.1, 0.15) is 47.5 Å². The lowest BCUT2D eigenvalue weighted by atomic mass is 9.87. The van der Waals surface area contributed by atoms with E-state index in [1.54, 1.807) is 0 Å². The Balaban J connectivity index is 2.69. The van der Waals surface area contributed by atoms with Crippen LogP contribution in [0, 0.1) is 17.8 Å². The summed E-state index contributed by atoms with van der Waals surface area (Å²) in [6.45, 7) is 12.7. The van der Waals surface area contributed by atoms with Crippen molar-refractivity contribution in [3.63, 3.8) is 0 Å². The van der Waals surface area contributed by atoms with Gasteiger partial charge in [0.2, 0.25) is 5.91 Å². The summed E-state index contributed by atoms with van der Waals surface area (Å²) in [6.07, 6.45) is 1.41. The molecule has 0 aromatic carbocycles. The Morgan fingerprint density at radius 3 is 2.45 bits per heavy atom. The number of nitrogens with zero attached hydrogens (tertiary/aromatic N) is 1. The lowest BCUT2D eigenvalue weighted by Gasteiger charge is -2.40. The molecule has 0 bridgehead atoms. The number of piperidine rings is 1. The third-order valence-corrected chi connectivity index (χ3v) is 4.07. The Labute approximate surface area is 123 Å². The van der Waals surface area contributed by atoms with Crippen LogP contribution in [0.4, 0.5) is 0 Å². The molecule has 1 saturated heterocycles. The van der Waals surface area contributed by atoms with E-state index in [-0.39, 0.29) is 23.8 Å². The zero-order valence-electron chi connectivity index (χ0n) is 13.7. The molecule has 4 heteroatoms. The van der Waals surface area contributed by atoms with Gasteiger partial charge in [0, 0.05) is 31.0 Å². The highest BCUT2D eigenvalue weighted by atomic mass is 16.3. The smallest absolute Gasteiger partial charge is 0.225 e. The minimum absolute atomic E-state index is 0.0262. The average Bonchev–Trinajstić information content (AvgIpc) is 2.42. The van der Waals surface area contributed by atoms with Crippen LogP contribution < -0.4 is 5.32 Å². The van der Waals surface area contributed by atoms with E-state index in [1.165, 1.54) is 0 Å². The van der Waals surface area contributed by atoms with Crippen LogP contribution in [0.3, 0.4) is 0 Å². The van der Waals surface area contributed by atoms with Crippen LogP contribution in [0.5, 0.6) is 0 Å². The Hall–Kier alpha value is -0.610. The van der Waals surface area contributed by atoms with Gasteiger partial charge >= 0.3 is 0 Å². The fourth-order valence-electron chi connectivity index (χ4n) is 2.85. The van der Waals surface area contributed by atoms with Gasteiger partial charge < -0.3 is 15.3 Å². The van der Waals surface area contributed by atoms with Crippen molar-refractivity contribution in [3.05, 3.63) is 0 Å². The largest absolute Gasteiger partial charge is 0.393 e. The van der Waals surface area contributed by atoms with Crippen molar-refractivity contribution in [1.82, 2.24) is 10.2 Å². The predicted molar refractivity (Wildman–Crippen MR) is 82.5 cm³/mol. The molecule has 4 nitrogen and oxygen atoms in total. The second-order valence-electron chi connectivity index (χ2n) is 6.87. The topological polar surface area (TPSA) is 52.6 Å². The van der Waals surface area contributed by atoms with E-state index in [4.69, 9.17) is 0 Å². The highest BCUT2D eigenvalue weighted by Gasteiger charge is 2.33. The maximum atomic E-state index is 12.3. The minimum atomic E-state index is -0.305. The van der Waals surface area contributed by atoms with Crippen molar-refractivity contribution < 1.29 is 9.90 Å². The fraction of sp³-hybridized carbons (Fsp3) is 0.938. The van der Waals surface area contributed by atoms with Crippen LogP contribution >= 0.6 is 0 Å². The van der Waals surface area contributed by atoms with Crippen LogP contribution in [0.2, 0.25) is 0 Å². The molecule has 0 radical (unpaired) electrons. The van der Waals surface area contributed by atoms with E-state index >= 15 is 0 Å². The second-order valence-corrected chi connectivity index (χ2v) is 6.87. The zero-order chi connectivity index (χ0) is 15.3. The molecular formula is C16H32N2O2. The molecule has 118 valence electrons. The summed E-state index contributed by atoms with van der Waals surface area (Å²) in [5.41, 5.74) is 0. The van der Waals surface area contributed by atoms with Crippen LogP contribution in [-0.2, 0) is 4.79 Å². The number of aliphatic hydroxyl groups excluding tert-OH is 1. The van der Waals surface area contributed by atoms with E-state index in [0.717, 1.165) is 25.9 Å². The number of nitrogens with one attached hydrogen (secondary N) is 1. The van der Waals surface area contributed by atoms with Gasteiger partial charge in [-0.2, -0.15) is 0 Å². The predicted octanol–water partition coefficient (Wildman–Crippen LogP) is 1.88. The molecule has 20 heavy (non-hydrogen) atoms. The third-order valence-electron chi connectivity index (χ3n) is 4.07. The molecule has 0 aromatic heterocycles. The number of hydrogen-bond acceptors (Lipinski definition) is 3. The van der Waals surface area contributed by atoms with Gasteiger partial charge in [0.15, 0.2) is 0 Å². The van der Waals surface area contributed by atoms with Gasteiger partial charge in [0.1, 0.15) is 0 Å². The third kappa shape index (κ3) is 5.06. The molecule has 0 saturated carbocycles. The van der Waals surface area contributed by atoms with Crippen molar-refractivity contribution in [3.8, 4) is 0 Å². The number of rotatable bonds is 6. The Morgan fingerprint density at radius 1 is 1.30 bits per heavy atom. The molecule has 0 aliphatic carbocycles.